The van der Waals surface area contributed by atoms with Crippen molar-refractivity contribution in [3.05, 3.63) is 90.2 Å². The minimum absolute atomic E-state index is 0.0283. The zero-order chi connectivity index (χ0) is 27.5. The molecule has 0 unspecified atom stereocenters. The monoisotopic (exact) mass is 519 g/mol. The van der Waals surface area contributed by atoms with E-state index in [1.54, 1.807) is 24.3 Å². The first-order valence-corrected chi connectivity index (χ1v) is 13.8. The summed E-state index contributed by atoms with van der Waals surface area (Å²) in [5.74, 6) is 0.579. The van der Waals surface area contributed by atoms with Crippen LogP contribution in [0.4, 0.5) is 4.39 Å². The van der Waals surface area contributed by atoms with Gasteiger partial charge < -0.3 is 15.0 Å². The molecule has 2 heterocycles. The van der Waals surface area contributed by atoms with E-state index in [9.17, 15) is 9.18 Å². The highest BCUT2D eigenvalue weighted by molar-refractivity contribution is 5.93. The smallest absolute Gasteiger partial charge is 0.272 e. The number of piperidine rings is 1. The van der Waals surface area contributed by atoms with Gasteiger partial charge in [0, 0.05) is 24.7 Å². The van der Waals surface area contributed by atoms with E-state index in [1.807, 2.05) is 23.1 Å². The largest absolute Gasteiger partial charge is 0.458 e. The Kier molecular flexibility index (Phi) is 10.8. The van der Waals surface area contributed by atoms with Gasteiger partial charge in [-0.05, 0) is 93.7 Å². The van der Waals surface area contributed by atoms with Gasteiger partial charge in [0.1, 0.15) is 23.0 Å². The molecule has 0 radical (unpaired) electrons. The zero-order valence-electron chi connectivity index (χ0n) is 23.3. The minimum Gasteiger partial charge on any atom is -0.458 e. The number of likely N-dealkylation sites (tertiary alicyclic amines) is 1. The van der Waals surface area contributed by atoms with Crippen LogP contribution < -0.4 is 10.1 Å². The number of hydrogen-bond donors (Lipinski definition) is 1. The Hall–Kier alpha value is -3.25. The zero-order valence-corrected chi connectivity index (χ0v) is 23.3. The van der Waals surface area contributed by atoms with E-state index < -0.39 is 0 Å². The molecule has 0 bridgehead atoms. The predicted molar refractivity (Wildman–Crippen MR) is 153 cm³/mol. The Morgan fingerprint density at radius 1 is 1.13 bits per heavy atom. The molecule has 3 rings (SSSR count). The molecule has 0 atom stereocenters. The lowest BCUT2D eigenvalue weighted by Gasteiger charge is -2.37. The average molecular weight is 520 g/mol. The molecule has 1 saturated heterocycles. The van der Waals surface area contributed by atoms with Crippen molar-refractivity contribution in [2.24, 2.45) is 0 Å². The molecule has 1 aromatic carbocycles. The maximum atomic E-state index is 13.3. The Bertz CT molecular complexity index is 1130. The van der Waals surface area contributed by atoms with Crippen LogP contribution in [0, 0.1) is 5.82 Å². The second-order valence-corrected chi connectivity index (χ2v) is 10.5. The maximum Gasteiger partial charge on any atom is 0.272 e. The first-order valence-electron chi connectivity index (χ1n) is 13.8. The average Bonchev–Trinajstić information content (AvgIpc) is 2.91. The number of unbranched alkanes of at least 4 members (excludes halogenated alkanes) is 1. The molecule has 1 aromatic heterocycles. The number of halogens is 1. The van der Waals surface area contributed by atoms with Crippen molar-refractivity contribution in [1.29, 1.82) is 0 Å². The second kappa shape index (κ2) is 14.1. The number of nitrogens with one attached hydrogen (secondary N) is 1. The fourth-order valence-corrected chi connectivity index (χ4v) is 4.70. The number of nitrogens with zero attached hydrogens (tertiary/aromatic N) is 2. The normalized spacial score (nSPS) is 15.2. The van der Waals surface area contributed by atoms with E-state index in [2.05, 4.69) is 45.7 Å². The molecular weight excluding hydrogens is 477 g/mol. The topological polar surface area (TPSA) is 54.5 Å². The van der Waals surface area contributed by atoms with Crippen LogP contribution in [-0.4, -0.2) is 40.5 Å². The molecule has 1 aliphatic rings. The van der Waals surface area contributed by atoms with Crippen molar-refractivity contribution in [3.8, 4) is 5.75 Å². The Morgan fingerprint density at radius 2 is 1.82 bits per heavy atom. The van der Waals surface area contributed by atoms with Crippen molar-refractivity contribution in [2.75, 3.05) is 13.1 Å². The highest BCUT2D eigenvalue weighted by atomic mass is 19.1. The Labute approximate surface area is 227 Å². The lowest BCUT2D eigenvalue weighted by Crippen LogP contribution is -2.51. The SMILES string of the molecule is C=C(/C=C\C(=C/CC)c1cccc(C(=O)N2CCC(NC(C)(C)CCCC)CC2)n1)Oc1ccc(F)cc1. The van der Waals surface area contributed by atoms with Crippen LogP contribution in [0.25, 0.3) is 5.57 Å². The summed E-state index contributed by atoms with van der Waals surface area (Å²) in [5.41, 5.74) is 2.17. The minimum atomic E-state index is -0.320. The van der Waals surface area contributed by atoms with Crippen LogP contribution in [0.5, 0.6) is 5.75 Å². The van der Waals surface area contributed by atoms with E-state index in [-0.39, 0.29) is 17.3 Å². The van der Waals surface area contributed by atoms with Crippen LogP contribution in [0.1, 0.15) is 82.4 Å². The number of ether oxygens (including phenoxy) is 1. The third-order valence-corrected chi connectivity index (χ3v) is 6.73. The molecule has 204 valence electrons. The van der Waals surface area contributed by atoms with Gasteiger partial charge >= 0.3 is 0 Å². The van der Waals surface area contributed by atoms with Gasteiger partial charge in [-0.15, -0.1) is 0 Å². The second-order valence-electron chi connectivity index (χ2n) is 10.5. The lowest BCUT2D eigenvalue weighted by molar-refractivity contribution is 0.0689. The fraction of sp³-hybridized carbons (Fsp3) is 0.438. The van der Waals surface area contributed by atoms with Gasteiger partial charge in [0.25, 0.3) is 5.91 Å². The molecule has 1 fully saturated rings. The number of hydrogen-bond acceptors (Lipinski definition) is 4. The maximum absolute atomic E-state index is 13.3. The van der Waals surface area contributed by atoms with Gasteiger partial charge in [-0.1, -0.05) is 45.4 Å². The molecule has 0 spiro atoms. The van der Waals surface area contributed by atoms with E-state index in [1.165, 1.54) is 25.0 Å². The number of carbonyl (C=O) groups is 1. The van der Waals surface area contributed by atoms with Gasteiger partial charge in [-0.25, -0.2) is 9.37 Å². The van der Waals surface area contributed by atoms with Crippen molar-refractivity contribution in [1.82, 2.24) is 15.2 Å². The van der Waals surface area contributed by atoms with E-state index in [4.69, 9.17) is 9.72 Å². The van der Waals surface area contributed by atoms with E-state index >= 15 is 0 Å². The number of amides is 1. The molecule has 5 nitrogen and oxygen atoms in total. The number of aromatic nitrogens is 1. The highest BCUT2D eigenvalue weighted by Crippen LogP contribution is 2.21. The summed E-state index contributed by atoms with van der Waals surface area (Å²) in [5, 5.41) is 3.81. The molecule has 6 heteroatoms. The van der Waals surface area contributed by atoms with Gasteiger partial charge in [0.05, 0.1) is 5.69 Å². The molecule has 0 saturated carbocycles. The van der Waals surface area contributed by atoms with Crippen LogP contribution in [0.2, 0.25) is 0 Å². The number of carbonyl (C=O) groups excluding carboxylic acids is 1. The number of pyridine rings is 1. The van der Waals surface area contributed by atoms with E-state index in [0.29, 0.717) is 23.2 Å². The fourth-order valence-electron chi connectivity index (χ4n) is 4.70. The standard InChI is InChI=1S/C32H42FN3O2/c1-6-8-21-32(4,5)35-27-19-22-36(23-20-27)31(37)30-12-9-11-29(34-30)25(10-7-2)14-13-24(3)38-28-17-15-26(33)16-18-28/h9-18,27,35H,3,6-8,19-23H2,1-2,4-5H3/b14-13-,25-10+. The quantitative estimate of drug-likeness (QED) is 0.236. The summed E-state index contributed by atoms with van der Waals surface area (Å²) < 4.78 is 18.8. The summed E-state index contributed by atoms with van der Waals surface area (Å²) in [6.45, 7) is 14.2. The van der Waals surface area contributed by atoms with Gasteiger partial charge in [-0.2, -0.15) is 0 Å². The third-order valence-electron chi connectivity index (χ3n) is 6.73. The van der Waals surface area contributed by atoms with Crippen LogP contribution in [0.15, 0.2) is 73.0 Å². The molecule has 1 amide bonds. The Morgan fingerprint density at radius 3 is 2.47 bits per heavy atom. The van der Waals surface area contributed by atoms with E-state index in [0.717, 1.165) is 50.0 Å². The number of rotatable bonds is 12. The Balaban J connectivity index is 1.62. The molecule has 0 aliphatic carbocycles. The summed E-state index contributed by atoms with van der Waals surface area (Å²) in [4.78, 5) is 19.9. The molecule has 1 aliphatic heterocycles. The van der Waals surface area contributed by atoms with Crippen LogP contribution >= 0.6 is 0 Å². The number of benzene rings is 1. The van der Waals surface area contributed by atoms with Crippen LogP contribution in [-0.2, 0) is 0 Å². The lowest BCUT2D eigenvalue weighted by atomic mass is 9.93. The molecule has 1 N–H and O–H groups in total. The summed E-state index contributed by atoms with van der Waals surface area (Å²) in [6, 6.07) is 11.8. The van der Waals surface area contributed by atoms with Crippen LogP contribution in [0.3, 0.4) is 0 Å². The summed E-state index contributed by atoms with van der Waals surface area (Å²) >= 11 is 0. The van der Waals surface area contributed by atoms with Gasteiger partial charge in [0.15, 0.2) is 0 Å². The van der Waals surface area contributed by atoms with Crippen molar-refractivity contribution >= 4 is 11.5 Å². The first-order chi connectivity index (χ1) is 18.2. The molecule has 2 aromatic rings. The van der Waals surface area contributed by atoms with Gasteiger partial charge in [0.2, 0.25) is 0 Å². The van der Waals surface area contributed by atoms with Crippen molar-refractivity contribution in [3.63, 3.8) is 0 Å². The highest BCUT2D eigenvalue weighted by Gasteiger charge is 2.28. The number of allylic oxidation sites excluding steroid dienone is 4. The molecular formula is C32H42FN3O2. The summed E-state index contributed by atoms with van der Waals surface area (Å²) in [6.07, 6.45) is 12.0. The van der Waals surface area contributed by atoms with Crippen molar-refractivity contribution < 1.29 is 13.9 Å². The first kappa shape index (κ1) is 29.3. The van der Waals surface area contributed by atoms with Gasteiger partial charge in [-0.3, -0.25) is 4.79 Å². The molecule has 38 heavy (non-hydrogen) atoms. The summed E-state index contributed by atoms with van der Waals surface area (Å²) in [7, 11) is 0. The van der Waals surface area contributed by atoms with Crippen molar-refractivity contribution in [2.45, 2.75) is 77.8 Å². The third kappa shape index (κ3) is 8.95. The predicted octanol–water partition coefficient (Wildman–Crippen LogP) is 7.33.